The van der Waals surface area contributed by atoms with Gasteiger partial charge in [-0.15, -0.1) is 0 Å². The predicted molar refractivity (Wildman–Crippen MR) is 138 cm³/mol. The minimum absolute atomic E-state index is 0.0269. The molecule has 0 saturated heterocycles. The number of nitrogens with zero attached hydrogens (tertiary/aromatic N) is 2. The number of benzene rings is 4. The molecular weight excluding hydrogens is 408 g/mol. The maximum Gasteiger partial charge on any atom is 0.112 e. The molecule has 1 aliphatic rings. The minimum Gasteiger partial charge on any atom is -0.326 e. The van der Waals surface area contributed by atoms with Gasteiger partial charge in [-0.1, -0.05) is 108 Å². The molecule has 5 rings (SSSR count). The van der Waals surface area contributed by atoms with E-state index in [0.29, 0.717) is 0 Å². The summed E-state index contributed by atoms with van der Waals surface area (Å²) in [6.07, 6.45) is 0. The van der Waals surface area contributed by atoms with E-state index in [2.05, 4.69) is 128 Å². The molecule has 2 nitrogen and oxygen atoms in total. The van der Waals surface area contributed by atoms with Crippen LogP contribution in [-0.4, -0.2) is 10.4 Å². The number of hydrogen-bond acceptors (Lipinski definition) is 3. The third kappa shape index (κ3) is 4.21. The van der Waals surface area contributed by atoms with Crippen molar-refractivity contribution in [3.8, 4) is 0 Å². The van der Waals surface area contributed by atoms with Crippen LogP contribution in [0.2, 0.25) is 0 Å². The summed E-state index contributed by atoms with van der Waals surface area (Å²) in [5.74, 6) is 0. The van der Waals surface area contributed by atoms with E-state index in [1.807, 2.05) is 11.8 Å². The molecule has 0 unspecified atom stereocenters. The fraction of sp³-hybridized carbons (Fsp3) is 0.138. The Kier molecular flexibility index (Phi) is 5.83. The van der Waals surface area contributed by atoms with Gasteiger partial charge >= 0.3 is 0 Å². The summed E-state index contributed by atoms with van der Waals surface area (Å²) in [6.45, 7) is 4.27. The van der Waals surface area contributed by atoms with E-state index in [-0.39, 0.29) is 11.4 Å². The first-order valence-corrected chi connectivity index (χ1v) is 11.8. The van der Waals surface area contributed by atoms with Crippen LogP contribution in [0.25, 0.3) is 0 Å². The van der Waals surface area contributed by atoms with Crippen molar-refractivity contribution in [1.82, 2.24) is 0 Å². The van der Waals surface area contributed by atoms with Gasteiger partial charge in [0.15, 0.2) is 0 Å². The number of aliphatic imine (C=N–C) groups is 1. The summed E-state index contributed by atoms with van der Waals surface area (Å²) in [7, 11) is 0. The highest BCUT2D eigenvalue weighted by atomic mass is 32.2. The van der Waals surface area contributed by atoms with Crippen LogP contribution in [0.1, 0.15) is 28.3 Å². The molecule has 0 bridgehead atoms. The lowest BCUT2D eigenvalue weighted by atomic mass is 10.0. The number of thioether (sulfide) groups is 1. The standard InChI is InChI=1S/C29H26N2S/c1-21-13-17-25(18-14-21)31(26-19-15-22(2)16-20-26)29-27(23-9-5-3-6-10-23)30-28(32-29)24-11-7-4-8-12-24/h3-20,27,29H,1-2H3/t27-,29+/m1/s1. The molecule has 1 heterocycles. The number of rotatable bonds is 5. The maximum absolute atomic E-state index is 5.25. The summed E-state index contributed by atoms with van der Waals surface area (Å²) in [4.78, 5) is 7.70. The lowest BCUT2D eigenvalue weighted by Crippen LogP contribution is -2.31. The van der Waals surface area contributed by atoms with Crippen LogP contribution in [-0.2, 0) is 0 Å². The summed E-state index contributed by atoms with van der Waals surface area (Å²) >= 11 is 1.85. The van der Waals surface area contributed by atoms with Crippen LogP contribution < -0.4 is 4.90 Å². The second-order valence-corrected chi connectivity index (χ2v) is 9.31. The highest BCUT2D eigenvalue weighted by Crippen LogP contribution is 2.46. The fourth-order valence-electron chi connectivity index (χ4n) is 4.06. The van der Waals surface area contributed by atoms with E-state index in [9.17, 15) is 0 Å². The predicted octanol–water partition coefficient (Wildman–Crippen LogP) is 7.70. The molecule has 4 aromatic rings. The van der Waals surface area contributed by atoms with E-state index in [0.717, 1.165) is 5.04 Å². The lowest BCUT2D eigenvalue weighted by molar-refractivity contribution is 0.694. The molecule has 32 heavy (non-hydrogen) atoms. The van der Waals surface area contributed by atoms with Crippen molar-refractivity contribution < 1.29 is 0 Å². The summed E-state index contributed by atoms with van der Waals surface area (Å²) in [6, 6.07) is 38.9. The largest absolute Gasteiger partial charge is 0.326 e. The Morgan fingerprint density at radius 3 is 1.66 bits per heavy atom. The summed E-state index contributed by atoms with van der Waals surface area (Å²) in [5.41, 5.74) is 7.30. The first-order valence-electron chi connectivity index (χ1n) is 11.0. The van der Waals surface area contributed by atoms with E-state index in [4.69, 9.17) is 4.99 Å². The SMILES string of the molecule is Cc1ccc(N(c2ccc(C)cc2)[C@H]2SC(c3ccccc3)=N[C@@H]2c2ccccc2)cc1. The molecule has 3 heteroatoms. The summed E-state index contributed by atoms with van der Waals surface area (Å²) < 4.78 is 0. The molecule has 158 valence electrons. The Bertz CT molecular complexity index is 1150. The molecule has 4 aromatic carbocycles. The second-order valence-electron chi connectivity index (χ2n) is 8.21. The normalized spacial score (nSPS) is 17.8. The van der Waals surface area contributed by atoms with Crippen LogP contribution in [0, 0.1) is 13.8 Å². The molecule has 0 spiro atoms. The van der Waals surface area contributed by atoms with Gasteiger partial charge in [-0.05, 0) is 43.7 Å². The zero-order valence-electron chi connectivity index (χ0n) is 18.3. The molecule has 0 N–H and O–H groups in total. The van der Waals surface area contributed by atoms with E-state index >= 15 is 0 Å². The maximum atomic E-state index is 5.25. The third-order valence-electron chi connectivity index (χ3n) is 5.80. The minimum atomic E-state index is 0.0269. The van der Waals surface area contributed by atoms with Gasteiger partial charge in [-0.25, -0.2) is 0 Å². The third-order valence-corrected chi connectivity index (χ3v) is 7.07. The van der Waals surface area contributed by atoms with Crippen LogP contribution in [0.5, 0.6) is 0 Å². The van der Waals surface area contributed by atoms with Gasteiger partial charge in [-0.2, -0.15) is 0 Å². The van der Waals surface area contributed by atoms with E-state index < -0.39 is 0 Å². The zero-order chi connectivity index (χ0) is 21.9. The van der Waals surface area contributed by atoms with E-state index in [1.165, 1.54) is 33.6 Å². The van der Waals surface area contributed by atoms with Crippen molar-refractivity contribution in [2.45, 2.75) is 25.3 Å². The van der Waals surface area contributed by atoms with Crippen LogP contribution in [0.4, 0.5) is 11.4 Å². The highest BCUT2D eigenvalue weighted by molar-refractivity contribution is 8.15. The van der Waals surface area contributed by atoms with Gasteiger partial charge in [0.25, 0.3) is 0 Å². The Balaban J connectivity index is 1.63. The second kappa shape index (κ2) is 9.05. The molecule has 0 aromatic heterocycles. The quantitative estimate of drug-likeness (QED) is 0.320. The van der Waals surface area contributed by atoms with Gasteiger partial charge < -0.3 is 4.90 Å². The number of aryl methyl sites for hydroxylation is 2. The van der Waals surface area contributed by atoms with Crippen molar-refractivity contribution in [3.63, 3.8) is 0 Å². The molecular formula is C29H26N2S. The number of hydrogen-bond donors (Lipinski definition) is 0. The van der Waals surface area contributed by atoms with Crippen LogP contribution >= 0.6 is 11.8 Å². The average molecular weight is 435 g/mol. The fourth-order valence-corrected chi connectivity index (χ4v) is 5.43. The molecule has 0 amide bonds. The number of anilines is 2. The molecule has 0 radical (unpaired) electrons. The Morgan fingerprint density at radius 1 is 0.625 bits per heavy atom. The van der Waals surface area contributed by atoms with Crippen molar-refractivity contribution >= 4 is 28.2 Å². The molecule has 0 aliphatic carbocycles. The molecule has 1 aliphatic heterocycles. The Morgan fingerprint density at radius 2 is 1.12 bits per heavy atom. The van der Waals surface area contributed by atoms with Crippen LogP contribution in [0.15, 0.2) is 114 Å². The first kappa shape index (κ1) is 20.6. The van der Waals surface area contributed by atoms with Crippen molar-refractivity contribution in [3.05, 3.63) is 131 Å². The smallest absolute Gasteiger partial charge is 0.112 e. The topological polar surface area (TPSA) is 15.6 Å². The van der Waals surface area contributed by atoms with Gasteiger partial charge in [-0.3, -0.25) is 4.99 Å². The average Bonchev–Trinajstić information content (AvgIpc) is 3.28. The Labute approximate surface area is 194 Å². The Hall–Kier alpha value is -3.30. The van der Waals surface area contributed by atoms with Crippen LogP contribution in [0.3, 0.4) is 0 Å². The molecule has 2 atom stereocenters. The van der Waals surface area contributed by atoms with E-state index in [1.54, 1.807) is 0 Å². The molecule has 0 saturated carbocycles. The van der Waals surface area contributed by atoms with Gasteiger partial charge in [0.05, 0.1) is 0 Å². The lowest BCUT2D eigenvalue weighted by Gasteiger charge is -2.34. The van der Waals surface area contributed by atoms with Crippen molar-refractivity contribution in [2.24, 2.45) is 4.99 Å². The van der Waals surface area contributed by atoms with Gasteiger partial charge in [0.1, 0.15) is 16.5 Å². The summed E-state index contributed by atoms with van der Waals surface area (Å²) in [5, 5.41) is 1.20. The zero-order valence-corrected chi connectivity index (χ0v) is 19.2. The van der Waals surface area contributed by atoms with Gasteiger partial charge in [0.2, 0.25) is 0 Å². The van der Waals surface area contributed by atoms with Crippen molar-refractivity contribution in [2.75, 3.05) is 4.90 Å². The highest BCUT2D eigenvalue weighted by Gasteiger charge is 2.37. The monoisotopic (exact) mass is 434 g/mol. The van der Waals surface area contributed by atoms with Gasteiger partial charge in [0, 0.05) is 16.9 Å². The molecule has 0 fully saturated rings. The first-order chi connectivity index (χ1) is 15.7. The van der Waals surface area contributed by atoms with Crippen molar-refractivity contribution in [1.29, 1.82) is 0 Å².